The van der Waals surface area contributed by atoms with Crippen LogP contribution in [0.3, 0.4) is 0 Å². The molecule has 1 aromatic rings. The molecule has 0 aromatic heterocycles. The van der Waals surface area contributed by atoms with Gasteiger partial charge in [-0.2, -0.15) is 0 Å². The van der Waals surface area contributed by atoms with Crippen molar-refractivity contribution in [2.45, 2.75) is 32.2 Å². The third kappa shape index (κ3) is 4.49. The van der Waals surface area contributed by atoms with Gasteiger partial charge in [0.05, 0.1) is 0 Å². The van der Waals surface area contributed by atoms with Crippen LogP contribution in [-0.4, -0.2) is 36.8 Å². The van der Waals surface area contributed by atoms with Crippen LogP contribution in [-0.2, 0) is 4.79 Å². The van der Waals surface area contributed by atoms with Crippen molar-refractivity contribution in [1.29, 1.82) is 0 Å². The fourth-order valence-corrected chi connectivity index (χ4v) is 2.17. The fraction of sp³-hybridized carbons (Fsp3) is 0.533. The van der Waals surface area contributed by atoms with Gasteiger partial charge in [0.15, 0.2) is 0 Å². The normalized spacial score (nSPS) is 13.8. The summed E-state index contributed by atoms with van der Waals surface area (Å²) in [6, 6.07) is 6.38. The predicted octanol–water partition coefficient (Wildman–Crippen LogP) is 2.49. The molecule has 0 aliphatic carbocycles. The van der Waals surface area contributed by atoms with E-state index in [0.717, 1.165) is 5.69 Å². The maximum absolute atomic E-state index is 13.1. The number of carboxylic acid groups (broad SMARTS) is 1. The number of hydrogen-bond acceptors (Lipinski definition) is 3. The summed E-state index contributed by atoms with van der Waals surface area (Å²) >= 11 is 0. The molecule has 0 saturated carbocycles. The van der Waals surface area contributed by atoms with Gasteiger partial charge in [0, 0.05) is 19.3 Å². The summed E-state index contributed by atoms with van der Waals surface area (Å²) < 4.78 is 13.1. The van der Waals surface area contributed by atoms with Gasteiger partial charge >= 0.3 is 5.97 Å². The Bertz CT molecular complexity index is 453. The summed E-state index contributed by atoms with van der Waals surface area (Å²) in [6.07, 6.45) is 1.23. The van der Waals surface area contributed by atoms with Gasteiger partial charge in [-0.05, 0) is 44.5 Å². The molecule has 1 rings (SSSR count). The van der Waals surface area contributed by atoms with Gasteiger partial charge < -0.3 is 15.3 Å². The molecule has 0 fully saturated rings. The van der Waals surface area contributed by atoms with Crippen LogP contribution in [0.25, 0.3) is 0 Å². The molecular formula is C15H23FN2O2. The van der Waals surface area contributed by atoms with Crippen molar-refractivity contribution < 1.29 is 14.3 Å². The number of rotatable bonds is 8. The summed E-state index contributed by atoms with van der Waals surface area (Å²) in [5, 5.41) is 12.3. The highest BCUT2D eigenvalue weighted by molar-refractivity contribution is 5.78. The van der Waals surface area contributed by atoms with Gasteiger partial charge in [0.2, 0.25) is 0 Å². The van der Waals surface area contributed by atoms with Crippen LogP contribution in [0, 0.1) is 5.82 Å². The zero-order valence-corrected chi connectivity index (χ0v) is 12.3. The minimum absolute atomic E-state index is 0.266. The molecule has 1 unspecified atom stereocenters. The largest absolute Gasteiger partial charge is 0.480 e. The summed E-state index contributed by atoms with van der Waals surface area (Å²) in [5.41, 5.74) is -0.108. The highest BCUT2D eigenvalue weighted by Gasteiger charge is 2.31. The Kier molecular flexibility index (Phi) is 5.95. The molecule has 0 spiro atoms. The number of halogens is 1. The second kappa shape index (κ2) is 7.24. The number of aliphatic carboxylic acids is 1. The van der Waals surface area contributed by atoms with Crippen molar-refractivity contribution in [1.82, 2.24) is 5.32 Å². The van der Waals surface area contributed by atoms with E-state index in [4.69, 9.17) is 0 Å². The Hall–Kier alpha value is -1.62. The van der Waals surface area contributed by atoms with Crippen molar-refractivity contribution in [2.24, 2.45) is 0 Å². The maximum atomic E-state index is 13.1. The number of likely N-dealkylation sites (N-methyl/N-ethyl adjacent to an activating group) is 1. The number of hydrogen-bond donors (Lipinski definition) is 2. The standard InChI is InChI=1S/C15H23FN2O2/c1-4-17-15(2,14(19)20)9-6-10-18(3)13-8-5-7-12(16)11-13/h5,7-8,11,17H,4,6,9-10H2,1-3H3,(H,19,20). The van der Waals surface area contributed by atoms with E-state index < -0.39 is 11.5 Å². The zero-order valence-electron chi connectivity index (χ0n) is 12.3. The highest BCUT2D eigenvalue weighted by Crippen LogP contribution is 2.17. The lowest BCUT2D eigenvalue weighted by molar-refractivity contribution is -0.144. The second-order valence-corrected chi connectivity index (χ2v) is 5.17. The SMILES string of the molecule is CCNC(C)(CCCN(C)c1cccc(F)c1)C(=O)O. The molecule has 1 atom stereocenters. The van der Waals surface area contributed by atoms with Crippen LogP contribution in [0.15, 0.2) is 24.3 Å². The third-order valence-corrected chi connectivity index (χ3v) is 3.46. The molecule has 20 heavy (non-hydrogen) atoms. The molecule has 0 aliphatic heterocycles. The first kappa shape index (κ1) is 16.4. The molecule has 0 amide bonds. The van der Waals surface area contributed by atoms with E-state index in [1.54, 1.807) is 13.0 Å². The Morgan fingerprint density at radius 2 is 2.20 bits per heavy atom. The second-order valence-electron chi connectivity index (χ2n) is 5.17. The molecule has 0 aliphatic rings. The average molecular weight is 282 g/mol. The van der Waals surface area contributed by atoms with Crippen LogP contribution >= 0.6 is 0 Å². The number of nitrogens with one attached hydrogen (secondary N) is 1. The van der Waals surface area contributed by atoms with Crippen LogP contribution in [0.4, 0.5) is 10.1 Å². The Balaban J connectivity index is 2.52. The van der Waals surface area contributed by atoms with E-state index in [2.05, 4.69) is 5.32 Å². The lowest BCUT2D eigenvalue weighted by Gasteiger charge is -2.27. The van der Waals surface area contributed by atoms with Crippen molar-refractivity contribution in [2.75, 3.05) is 25.0 Å². The molecular weight excluding hydrogens is 259 g/mol. The van der Waals surface area contributed by atoms with E-state index in [1.165, 1.54) is 12.1 Å². The number of anilines is 1. The summed E-state index contributed by atoms with van der Waals surface area (Å²) in [6.45, 7) is 4.88. The van der Waals surface area contributed by atoms with Crippen molar-refractivity contribution in [3.05, 3.63) is 30.1 Å². The molecule has 5 heteroatoms. The van der Waals surface area contributed by atoms with Gasteiger partial charge in [0.25, 0.3) is 0 Å². The van der Waals surface area contributed by atoms with Crippen LogP contribution in [0.5, 0.6) is 0 Å². The minimum Gasteiger partial charge on any atom is -0.480 e. The van der Waals surface area contributed by atoms with E-state index in [0.29, 0.717) is 25.9 Å². The van der Waals surface area contributed by atoms with Crippen molar-refractivity contribution in [3.63, 3.8) is 0 Å². The smallest absolute Gasteiger partial charge is 0.323 e. The van der Waals surface area contributed by atoms with Crippen LogP contribution < -0.4 is 10.2 Å². The van der Waals surface area contributed by atoms with E-state index in [9.17, 15) is 14.3 Å². The number of carbonyl (C=O) groups is 1. The Labute approximate surface area is 119 Å². The highest BCUT2D eigenvalue weighted by atomic mass is 19.1. The first-order chi connectivity index (χ1) is 9.39. The molecule has 2 N–H and O–H groups in total. The van der Waals surface area contributed by atoms with E-state index in [-0.39, 0.29) is 5.82 Å². The lowest BCUT2D eigenvalue weighted by Crippen LogP contribution is -2.49. The van der Waals surface area contributed by atoms with Gasteiger partial charge in [-0.1, -0.05) is 13.0 Å². The van der Waals surface area contributed by atoms with Gasteiger partial charge in [-0.3, -0.25) is 4.79 Å². The summed E-state index contributed by atoms with van der Waals surface area (Å²) in [7, 11) is 1.88. The monoisotopic (exact) mass is 282 g/mol. The summed E-state index contributed by atoms with van der Waals surface area (Å²) in [4.78, 5) is 13.2. The minimum atomic E-state index is -0.905. The lowest BCUT2D eigenvalue weighted by atomic mass is 9.95. The Morgan fingerprint density at radius 3 is 2.75 bits per heavy atom. The maximum Gasteiger partial charge on any atom is 0.323 e. The first-order valence-corrected chi connectivity index (χ1v) is 6.84. The molecule has 0 heterocycles. The molecule has 1 aromatic carbocycles. The summed E-state index contributed by atoms with van der Waals surface area (Å²) in [5.74, 6) is -1.11. The molecule has 0 radical (unpaired) electrons. The number of carboxylic acids is 1. The number of benzene rings is 1. The molecule has 0 saturated heterocycles. The number of nitrogens with zero attached hydrogens (tertiary/aromatic N) is 1. The first-order valence-electron chi connectivity index (χ1n) is 6.84. The van der Waals surface area contributed by atoms with Crippen molar-refractivity contribution >= 4 is 11.7 Å². The van der Waals surface area contributed by atoms with Gasteiger partial charge in [-0.15, -0.1) is 0 Å². The van der Waals surface area contributed by atoms with E-state index >= 15 is 0 Å². The average Bonchev–Trinajstić information content (AvgIpc) is 2.38. The van der Waals surface area contributed by atoms with E-state index in [1.807, 2.05) is 24.9 Å². The molecule has 0 bridgehead atoms. The quantitative estimate of drug-likeness (QED) is 0.769. The van der Waals surface area contributed by atoms with Crippen LogP contribution in [0.1, 0.15) is 26.7 Å². The van der Waals surface area contributed by atoms with Crippen molar-refractivity contribution in [3.8, 4) is 0 Å². The predicted molar refractivity (Wildman–Crippen MR) is 78.6 cm³/mol. The third-order valence-electron chi connectivity index (χ3n) is 3.46. The zero-order chi connectivity index (χ0) is 15.2. The topological polar surface area (TPSA) is 52.6 Å². The molecule has 112 valence electrons. The molecule has 4 nitrogen and oxygen atoms in total. The Morgan fingerprint density at radius 1 is 1.50 bits per heavy atom. The van der Waals surface area contributed by atoms with Gasteiger partial charge in [0.1, 0.15) is 11.4 Å². The fourth-order valence-electron chi connectivity index (χ4n) is 2.17. The van der Waals surface area contributed by atoms with Crippen LogP contribution in [0.2, 0.25) is 0 Å². The van der Waals surface area contributed by atoms with Gasteiger partial charge in [-0.25, -0.2) is 4.39 Å².